The number of amides is 1. The summed E-state index contributed by atoms with van der Waals surface area (Å²) in [4.78, 5) is 23.3. The molecule has 0 aliphatic carbocycles. The molecule has 33 heavy (non-hydrogen) atoms. The normalized spacial score (nSPS) is 14.9. The highest BCUT2D eigenvalue weighted by Crippen LogP contribution is 2.24. The predicted octanol–water partition coefficient (Wildman–Crippen LogP) is 2.88. The molecule has 1 aliphatic rings. The van der Waals surface area contributed by atoms with Crippen LogP contribution in [0.25, 0.3) is 0 Å². The van der Waals surface area contributed by atoms with Crippen molar-refractivity contribution < 1.29 is 17.9 Å². The Kier molecular flexibility index (Phi) is 6.30. The van der Waals surface area contributed by atoms with Gasteiger partial charge >= 0.3 is 0 Å². The number of hydrogen-bond donors (Lipinski definition) is 1. The summed E-state index contributed by atoms with van der Waals surface area (Å²) in [6, 6.07) is 15.8. The van der Waals surface area contributed by atoms with Gasteiger partial charge in [0.1, 0.15) is 11.6 Å². The zero-order valence-corrected chi connectivity index (χ0v) is 19.5. The van der Waals surface area contributed by atoms with Crippen LogP contribution in [0.15, 0.2) is 59.5 Å². The van der Waals surface area contributed by atoms with Crippen molar-refractivity contribution in [2.45, 2.75) is 18.7 Å². The van der Waals surface area contributed by atoms with Crippen LogP contribution < -0.4 is 15.0 Å². The first-order valence-corrected chi connectivity index (χ1v) is 11.8. The number of anilines is 3. The molecule has 0 bridgehead atoms. The van der Waals surface area contributed by atoms with Crippen LogP contribution in [0.5, 0.6) is 5.75 Å². The maximum Gasteiger partial charge on any atom is 0.244 e. The smallest absolute Gasteiger partial charge is 0.244 e. The van der Waals surface area contributed by atoms with E-state index in [-0.39, 0.29) is 36.4 Å². The molecule has 0 unspecified atom stereocenters. The summed E-state index contributed by atoms with van der Waals surface area (Å²) in [5, 5.41) is 3.22. The highest BCUT2D eigenvalue weighted by molar-refractivity contribution is 7.89. The zero-order valence-electron chi connectivity index (χ0n) is 18.6. The summed E-state index contributed by atoms with van der Waals surface area (Å²) in [6.07, 6.45) is 0. The molecule has 4 rings (SSSR count). The molecule has 0 radical (unpaired) electrons. The van der Waals surface area contributed by atoms with Gasteiger partial charge in [-0.2, -0.15) is 9.29 Å². The predicted molar refractivity (Wildman–Crippen MR) is 125 cm³/mol. The molecule has 3 aromatic rings. The monoisotopic (exact) mass is 467 g/mol. The van der Waals surface area contributed by atoms with Crippen molar-refractivity contribution in [2.75, 3.05) is 37.0 Å². The van der Waals surface area contributed by atoms with E-state index in [1.54, 1.807) is 18.2 Å². The lowest BCUT2D eigenvalue weighted by Gasteiger charge is -2.32. The number of rotatable bonds is 6. The Morgan fingerprint density at radius 2 is 1.67 bits per heavy atom. The van der Waals surface area contributed by atoms with Crippen LogP contribution in [0, 0.1) is 13.8 Å². The average Bonchev–Trinajstić information content (AvgIpc) is 2.80. The number of methoxy groups -OCH3 is 1. The van der Waals surface area contributed by atoms with E-state index in [4.69, 9.17) is 4.74 Å². The van der Waals surface area contributed by atoms with E-state index in [1.165, 1.54) is 28.4 Å². The molecule has 2 heterocycles. The van der Waals surface area contributed by atoms with Crippen molar-refractivity contribution in [1.29, 1.82) is 0 Å². The van der Waals surface area contributed by atoms with Crippen molar-refractivity contribution in [1.82, 2.24) is 14.3 Å². The third kappa shape index (κ3) is 4.96. The number of aryl methyl sites for hydroxylation is 2. The minimum atomic E-state index is -3.81. The van der Waals surface area contributed by atoms with Crippen LogP contribution >= 0.6 is 0 Å². The van der Waals surface area contributed by atoms with Crippen molar-refractivity contribution in [3.05, 3.63) is 65.9 Å². The quantitative estimate of drug-likeness (QED) is 0.594. The fourth-order valence-electron chi connectivity index (χ4n) is 3.49. The first-order chi connectivity index (χ1) is 15.8. The van der Waals surface area contributed by atoms with E-state index < -0.39 is 10.0 Å². The number of aromatic nitrogens is 2. The molecule has 1 N–H and O–H groups in total. The third-order valence-electron chi connectivity index (χ3n) is 5.29. The van der Waals surface area contributed by atoms with Crippen molar-refractivity contribution in [3.8, 4) is 5.75 Å². The third-order valence-corrected chi connectivity index (χ3v) is 7.15. The molecule has 2 aromatic carbocycles. The van der Waals surface area contributed by atoms with E-state index in [2.05, 4.69) is 15.3 Å². The Morgan fingerprint density at radius 3 is 2.30 bits per heavy atom. The van der Waals surface area contributed by atoms with Gasteiger partial charge in [-0.1, -0.05) is 17.7 Å². The van der Waals surface area contributed by atoms with E-state index in [0.29, 0.717) is 17.3 Å². The zero-order chi connectivity index (χ0) is 23.6. The van der Waals surface area contributed by atoms with Crippen LogP contribution in [0.2, 0.25) is 0 Å². The number of carbonyl (C=O) groups excluding carboxylic acids is 1. The lowest BCUT2D eigenvalue weighted by molar-refractivity contribution is -0.120. The van der Waals surface area contributed by atoms with Gasteiger partial charge in [-0.25, -0.2) is 13.4 Å². The molecule has 172 valence electrons. The van der Waals surface area contributed by atoms with Gasteiger partial charge in [0.05, 0.1) is 18.6 Å². The fraction of sp³-hybridized carbons (Fsp3) is 0.261. The molecule has 0 saturated carbocycles. The van der Waals surface area contributed by atoms with E-state index in [9.17, 15) is 13.2 Å². The lowest BCUT2D eigenvalue weighted by atomic mass is 10.2. The molecular weight excluding hydrogens is 442 g/mol. The van der Waals surface area contributed by atoms with E-state index in [0.717, 1.165) is 11.3 Å². The summed E-state index contributed by atoms with van der Waals surface area (Å²) in [7, 11) is -2.30. The second-order valence-electron chi connectivity index (χ2n) is 7.75. The number of hydrogen-bond acceptors (Lipinski definition) is 7. The first-order valence-electron chi connectivity index (χ1n) is 10.4. The highest BCUT2D eigenvalue weighted by Gasteiger charge is 2.34. The summed E-state index contributed by atoms with van der Waals surface area (Å²) >= 11 is 0. The van der Waals surface area contributed by atoms with Gasteiger partial charge < -0.3 is 10.1 Å². The number of sulfonamides is 1. The van der Waals surface area contributed by atoms with Crippen LogP contribution in [-0.2, 0) is 14.8 Å². The van der Waals surface area contributed by atoms with Gasteiger partial charge in [0, 0.05) is 30.5 Å². The number of carbonyl (C=O) groups is 1. The van der Waals surface area contributed by atoms with Crippen LogP contribution in [0.1, 0.15) is 11.3 Å². The maximum atomic E-state index is 13.0. The van der Waals surface area contributed by atoms with Crippen molar-refractivity contribution in [2.24, 2.45) is 0 Å². The number of ether oxygens (including phenoxy) is 1. The van der Waals surface area contributed by atoms with E-state index >= 15 is 0 Å². The van der Waals surface area contributed by atoms with Gasteiger partial charge in [-0.05, 0) is 50.2 Å². The number of nitrogens with one attached hydrogen (secondary N) is 1. The Labute approximate surface area is 193 Å². The number of piperazine rings is 1. The van der Waals surface area contributed by atoms with Gasteiger partial charge in [0.15, 0.2) is 0 Å². The van der Waals surface area contributed by atoms with Crippen LogP contribution in [0.3, 0.4) is 0 Å². The molecule has 1 saturated heterocycles. The Bertz CT molecular complexity index is 1260. The summed E-state index contributed by atoms with van der Waals surface area (Å²) in [5.41, 5.74) is 2.70. The first kappa shape index (κ1) is 22.7. The maximum absolute atomic E-state index is 13.0. The minimum absolute atomic E-state index is 0.112. The van der Waals surface area contributed by atoms with Gasteiger partial charge in [0.25, 0.3) is 0 Å². The lowest BCUT2D eigenvalue weighted by Crippen LogP contribution is -2.52. The SMILES string of the molecule is COc1ccc(S(=O)(=O)N2CCN(c3nc(C)cc(Nc4ccc(C)cc4)n3)C(=O)C2)cc1. The molecule has 0 atom stereocenters. The number of benzene rings is 2. The van der Waals surface area contributed by atoms with Gasteiger partial charge in [-0.15, -0.1) is 0 Å². The van der Waals surface area contributed by atoms with Gasteiger partial charge in [-0.3, -0.25) is 9.69 Å². The van der Waals surface area contributed by atoms with E-state index in [1.807, 2.05) is 38.1 Å². The largest absolute Gasteiger partial charge is 0.497 e. The average molecular weight is 468 g/mol. The number of nitrogens with zero attached hydrogens (tertiary/aromatic N) is 4. The Morgan fingerprint density at radius 1 is 0.970 bits per heavy atom. The molecular formula is C23H25N5O4S. The van der Waals surface area contributed by atoms with Crippen LogP contribution in [-0.4, -0.2) is 55.3 Å². The fourth-order valence-corrected chi connectivity index (χ4v) is 4.87. The molecule has 1 aromatic heterocycles. The minimum Gasteiger partial charge on any atom is -0.497 e. The van der Waals surface area contributed by atoms with Gasteiger partial charge in [0.2, 0.25) is 21.9 Å². The highest BCUT2D eigenvalue weighted by atomic mass is 32.2. The summed E-state index contributed by atoms with van der Waals surface area (Å²) in [6.45, 7) is 3.84. The molecule has 9 nitrogen and oxygen atoms in total. The Hall–Kier alpha value is -3.50. The summed E-state index contributed by atoms with van der Waals surface area (Å²) in [5.74, 6) is 0.977. The molecule has 1 aliphatic heterocycles. The van der Waals surface area contributed by atoms with Crippen LogP contribution in [0.4, 0.5) is 17.5 Å². The molecule has 10 heteroatoms. The Balaban J connectivity index is 1.51. The molecule has 0 spiro atoms. The topological polar surface area (TPSA) is 105 Å². The summed E-state index contributed by atoms with van der Waals surface area (Å²) < 4.78 is 32.2. The second kappa shape index (κ2) is 9.16. The second-order valence-corrected chi connectivity index (χ2v) is 9.68. The van der Waals surface area contributed by atoms with Crippen molar-refractivity contribution >= 4 is 33.4 Å². The standard InChI is InChI=1S/C23H25N5O4S/c1-16-4-6-18(7-5-16)25-21-14-17(2)24-23(26-21)28-13-12-27(15-22(28)29)33(30,31)20-10-8-19(32-3)9-11-20/h4-11,14H,12-13,15H2,1-3H3,(H,24,25,26). The molecule has 1 amide bonds. The molecule has 1 fully saturated rings. The van der Waals surface area contributed by atoms with Crippen molar-refractivity contribution in [3.63, 3.8) is 0 Å².